The zero-order valence-electron chi connectivity index (χ0n) is 9.46. The molecule has 88 valence electrons. The van der Waals surface area contributed by atoms with Crippen LogP contribution in [0.2, 0.25) is 0 Å². The van der Waals surface area contributed by atoms with Gasteiger partial charge in [-0.2, -0.15) is 0 Å². The maximum Gasteiger partial charge on any atom is 0.147 e. The first-order valence-electron chi connectivity index (χ1n) is 4.99. The van der Waals surface area contributed by atoms with Gasteiger partial charge in [-0.3, -0.25) is 4.79 Å². The molecule has 0 unspecified atom stereocenters. The van der Waals surface area contributed by atoms with Crippen molar-refractivity contribution in [1.82, 2.24) is 0 Å². The number of carbonyl (C=O) groups is 1. The van der Waals surface area contributed by atoms with Crippen LogP contribution < -0.4 is 9.47 Å². The molecule has 1 aromatic rings. The van der Waals surface area contributed by atoms with Crippen molar-refractivity contribution in [2.24, 2.45) is 0 Å². The summed E-state index contributed by atoms with van der Waals surface area (Å²) < 4.78 is 10.3. The molecule has 0 bridgehead atoms. The summed E-state index contributed by atoms with van der Waals surface area (Å²) in [7, 11) is 3.21. The second-order valence-corrected chi connectivity index (χ2v) is 3.62. The fourth-order valence-corrected chi connectivity index (χ4v) is 1.55. The van der Waals surface area contributed by atoms with Crippen LogP contribution >= 0.6 is 11.6 Å². The van der Waals surface area contributed by atoms with E-state index in [9.17, 15) is 4.79 Å². The van der Waals surface area contributed by atoms with Crippen molar-refractivity contribution in [2.45, 2.75) is 12.8 Å². The fourth-order valence-electron chi connectivity index (χ4n) is 1.42. The van der Waals surface area contributed by atoms with E-state index in [1.165, 1.54) is 0 Å². The summed E-state index contributed by atoms with van der Waals surface area (Å²) in [4.78, 5) is 11.1. The van der Waals surface area contributed by atoms with Gasteiger partial charge < -0.3 is 9.47 Å². The van der Waals surface area contributed by atoms with Gasteiger partial charge in [0, 0.05) is 6.42 Å². The van der Waals surface area contributed by atoms with Crippen LogP contribution in [0.1, 0.15) is 12.0 Å². The molecular formula is C12H15ClO3. The number of hydrogen-bond acceptors (Lipinski definition) is 3. The van der Waals surface area contributed by atoms with Crippen molar-refractivity contribution in [1.29, 1.82) is 0 Å². The standard InChI is InChI=1S/C12H15ClO3/c1-15-11-5-6-12(16-2)9(7-11)3-4-10(14)8-13/h5-7H,3-4,8H2,1-2H3. The molecule has 0 saturated carbocycles. The predicted octanol–water partition coefficient (Wildman–Crippen LogP) is 2.44. The topological polar surface area (TPSA) is 35.5 Å². The van der Waals surface area contributed by atoms with Gasteiger partial charge in [0.25, 0.3) is 0 Å². The fraction of sp³-hybridized carbons (Fsp3) is 0.417. The van der Waals surface area contributed by atoms with Crippen molar-refractivity contribution in [2.75, 3.05) is 20.1 Å². The van der Waals surface area contributed by atoms with Crippen LogP contribution in [-0.2, 0) is 11.2 Å². The number of methoxy groups -OCH3 is 2. The quantitative estimate of drug-likeness (QED) is 0.719. The number of hydrogen-bond donors (Lipinski definition) is 0. The molecule has 0 aliphatic rings. The Kier molecular flexibility index (Phi) is 5.12. The summed E-state index contributed by atoms with van der Waals surface area (Å²) in [5, 5.41) is 0. The summed E-state index contributed by atoms with van der Waals surface area (Å²) in [6.45, 7) is 0. The number of benzene rings is 1. The monoisotopic (exact) mass is 242 g/mol. The smallest absolute Gasteiger partial charge is 0.147 e. The van der Waals surface area contributed by atoms with E-state index >= 15 is 0 Å². The molecule has 0 saturated heterocycles. The zero-order valence-corrected chi connectivity index (χ0v) is 10.2. The number of ketones is 1. The molecule has 0 N–H and O–H groups in total. The number of aryl methyl sites for hydroxylation is 1. The van der Waals surface area contributed by atoms with E-state index in [1.807, 2.05) is 18.2 Å². The molecule has 1 aromatic carbocycles. The number of Topliss-reactive ketones (excluding diaryl/α,β-unsaturated/α-hetero) is 1. The Hall–Kier alpha value is -1.22. The Morgan fingerprint density at radius 2 is 2.06 bits per heavy atom. The van der Waals surface area contributed by atoms with Crippen molar-refractivity contribution in [3.05, 3.63) is 23.8 Å². The van der Waals surface area contributed by atoms with E-state index in [4.69, 9.17) is 21.1 Å². The third kappa shape index (κ3) is 3.42. The Labute approximate surface area is 100 Å². The van der Waals surface area contributed by atoms with Gasteiger partial charge in [0.15, 0.2) is 0 Å². The number of rotatable bonds is 6. The summed E-state index contributed by atoms with van der Waals surface area (Å²) in [6.07, 6.45) is 1.04. The molecule has 4 heteroatoms. The Morgan fingerprint density at radius 1 is 1.31 bits per heavy atom. The summed E-state index contributed by atoms with van der Waals surface area (Å²) in [6, 6.07) is 5.53. The minimum Gasteiger partial charge on any atom is -0.497 e. The normalized spacial score (nSPS) is 9.94. The Balaban J connectivity index is 2.78. The number of alkyl halides is 1. The zero-order chi connectivity index (χ0) is 12.0. The molecular weight excluding hydrogens is 228 g/mol. The van der Waals surface area contributed by atoms with Gasteiger partial charge in [-0.15, -0.1) is 11.6 Å². The highest BCUT2D eigenvalue weighted by atomic mass is 35.5. The Morgan fingerprint density at radius 3 is 2.62 bits per heavy atom. The molecule has 0 aliphatic carbocycles. The third-order valence-electron chi connectivity index (χ3n) is 2.31. The summed E-state index contributed by atoms with van der Waals surface area (Å²) in [5.41, 5.74) is 0.959. The van der Waals surface area contributed by atoms with Gasteiger partial charge in [0.05, 0.1) is 20.1 Å². The molecule has 0 heterocycles. The molecule has 0 fully saturated rings. The SMILES string of the molecule is COc1ccc(OC)c(CCC(=O)CCl)c1. The minimum atomic E-state index is 0.0338. The van der Waals surface area contributed by atoms with E-state index in [0.717, 1.165) is 17.1 Å². The predicted molar refractivity (Wildman–Crippen MR) is 63.6 cm³/mol. The lowest BCUT2D eigenvalue weighted by Gasteiger charge is -2.09. The van der Waals surface area contributed by atoms with Gasteiger partial charge in [-0.05, 0) is 30.2 Å². The highest BCUT2D eigenvalue weighted by Crippen LogP contribution is 2.25. The lowest BCUT2D eigenvalue weighted by atomic mass is 10.1. The highest BCUT2D eigenvalue weighted by Gasteiger charge is 2.07. The lowest BCUT2D eigenvalue weighted by molar-refractivity contribution is -0.116. The van der Waals surface area contributed by atoms with Crippen molar-refractivity contribution < 1.29 is 14.3 Å². The van der Waals surface area contributed by atoms with Crippen LogP contribution in [0.15, 0.2) is 18.2 Å². The molecule has 0 aliphatic heterocycles. The van der Waals surface area contributed by atoms with E-state index in [1.54, 1.807) is 14.2 Å². The minimum absolute atomic E-state index is 0.0338. The van der Waals surface area contributed by atoms with Gasteiger partial charge in [0.1, 0.15) is 17.3 Å². The van der Waals surface area contributed by atoms with Crippen LogP contribution in [-0.4, -0.2) is 25.9 Å². The van der Waals surface area contributed by atoms with E-state index in [-0.39, 0.29) is 11.7 Å². The molecule has 0 atom stereocenters. The van der Waals surface area contributed by atoms with Crippen molar-refractivity contribution in [3.8, 4) is 11.5 Å². The van der Waals surface area contributed by atoms with E-state index in [2.05, 4.69) is 0 Å². The van der Waals surface area contributed by atoms with Crippen LogP contribution in [0.25, 0.3) is 0 Å². The molecule has 0 radical (unpaired) electrons. The number of ether oxygens (including phenoxy) is 2. The first-order valence-corrected chi connectivity index (χ1v) is 5.53. The van der Waals surface area contributed by atoms with Crippen LogP contribution in [0.5, 0.6) is 11.5 Å². The van der Waals surface area contributed by atoms with Crippen molar-refractivity contribution in [3.63, 3.8) is 0 Å². The third-order valence-corrected chi connectivity index (χ3v) is 2.61. The first-order chi connectivity index (χ1) is 7.71. The van der Waals surface area contributed by atoms with Gasteiger partial charge in [-0.1, -0.05) is 0 Å². The average molecular weight is 243 g/mol. The van der Waals surface area contributed by atoms with Gasteiger partial charge >= 0.3 is 0 Å². The molecule has 0 spiro atoms. The maximum atomic E-state index is 11.1. The summed E-state index contributed by atoms with van der Waals surface area (Å²) >= 11 is 5.44. The van der Waals surface area contributed by atoms with Crippen LogP contribution in [0.4, 0.5) is 0 Å². The second-order valence-electron chi connectivity index (χ2n) is 3.35. The largest absolute Gasteiger partial charge is 0.497 e. The lowest BCUT2D eigenvalue weighted by Crippen LogP contribution is -2.02. The highest BCUT2D eigenvalue weighted by molar-refractivity contribution is 6.27. The summed E-state index contributed by atoms with van der Waals surface area (Å²) in [5.74, 6) is 1.62. The molecule has 1 rings (SSSR count). The maximum absolute atomic E-state index is 11.1. The molecule has 16 heavy (non-hydrogen) atoms. The molecule has 0 aromatic heterocycles. The number of carbonyl (C=O) groups excluding carboxylic acids is 1. The van der Waals surface area contributed by atoms with E-state index in [0.29, 0.717) is 12.8 Å². The molecule has 0 amide bonds. The average Bonchev–Trinajstić information content (AvgIpc) is 2.35. The van der Waals surface area contributed by atoms with Crippen LogP contribution in [0.3, 0.4) is 0 Å². The number of halogens is 1. The van der Waals surface area contributed by atoms with Gasteiger partial charge in [-0.25, -0.2) is 0 Å². The van der Waals surface area contributed by atoms with Gasteiger partial charge in [0.2, 0.25) is 0 Å². The van der Waals surface area contributed by atoms with Crippen LogP contribution in [0, 0.1) is 0 Å². The van der Waals surface area contributed by atoms with E-state index < -0.39 is 0 Å². The second kappa shape index (κ2) is 6.38. The van der Waals surface area contributed by atoms with Crippen molar-refractivity contribution >= 4 is 17.4 Å². The first kappa shape index (κ1) is 12.8. The molecule has 3 nitrogen and oxygen atoms in total. The Bertz CT molecular complexity index is 363.